The molecule has 0 amide bonds. The summed E-state index contributed by atoms with van der Waals surface area (Å²) in [7, 11) is 0. The van der Waals surface area contributed by atoms with Crippen LogP contribution < -0.4 is 5.73 Å². The van der Waals surface area contributed by atoms with E-state index in [2.05, 4.69) is 59.8 Å². The van der Waals surface area contributed by atoms with Crippen molar-refractivity contribution in [3.63, 3.8) is 0 Å². The van der Waals surface area contributed by atoms with E-state index in [0.717, 1.165) is 6.54 Å². The summed E-state index contributed by atoms with van der Waals surface area (Å²) in [6, 6.07) is 9.25. The fourth-order valence-electron chi connectivity index (χ4n) is 3.24. The number of rotatable bonds is 3. The first kappa shape index (κ1) is 14.8. The average molecular weight is 301 g/mol. The fourth-order valence-corrected chi connectivity index (χ4v) is 4.37. The number of fused-ring (bicyclic) bond motifs is 1. The Labute approximate surface area is 130 Å². The first-order valence-corrected chi connectivity index (χ1v) is 8.67. The molecule has 1 fully saturated rings. The minimum atomic E-state index is 0.252. The molecule has 21 heavy (non-hydrogen) atoms. The largest absolute Gasteiger partial charge is 0.329 e. The van der Waals surface area contributed by atoms with E-state index in [1.807, 2.05) is 12.4 Å². The maximum Gasteiger partial charge on any atom is 0.0495 e. The molecule has 1 aromatic carbocycles. The number of hydrogen-bond donors (Lipinski definition) is 1. The minimum Gasteiger partial charge on any atom is -0.329 e. The number of nitrogens with zero attached hydrogens (tertiary/aromatic N) is 2. The first-order valence-electron chi connectivity index (χ1n) is 7.62. The maximum absolute atomic E-state index is 6.16. The van der Waals surface area contributed by atoms with Crippen LogP contribution in [0.2, 0.25) is 0 Å². The molecule has 112 valence electrons. The van der Waals surface area contributed by atoms with Gasteiger partial charge in [0.1, 0.15) is 0 Å². The molecule has 0 spiro atoms. The molecule has 0 radical (unpaired) electrons. The van der Waals surface area contributed by atoms with Crippen molar-refractivity contribution >= 4 is 22.5 Å². The fraction of sp³-hybridized carbons (Fsp3) is 0.471. The van der Waals surface area contributed by atoms with E-state index >= 15 is 0 Å². The Bertz CT molecular complexity index is 611. The standard InChI is InChI=1S/C17H23N3S/c1-12-13(2)21-8-7-20(12)17(9-18)16-11-19-10-14-5-3-4-6-15(14)16/h3-6,10-13,17H,7-9,18H2,1-2H3. The molecule has 1 aliphatic heterocycles. The molecule has 3 atom stereocenters. The second-order valence-corrected chi connectivity index (χ2v) is 7.24. The number of hydrogen-bond acceptors (Lipinski definition) is 4. The Morgan fingerprint density at radius 3 is 2.95 bits per heavy atom. The summed E-state index contributed by atoms with van der Waals surface area (Å²) < 4.78 is 0. The Balaban J connectivity index is 2.02. The van der Waals surface area contributed by atoms with Crippen LogP contribution in [0, 0.1) is 0 Å². The quantitative estimate of drug-likeness (QED) is 0.946. The van der Waals surface area contributed by atoms with Gasteiger partial charge in [0.2, 0.25) is 0 Å². The van der Waals surface area contributed by atoms with Gasteiger partial charge < -0.3 is 5.73 Å². The summed E-state index contributed by atoms with van der Waals surface area (Å²) in [6.45, 7) is 6.37. The van der Waals surface area contributed by atoms with E-state index in [4.69, 9.17) is 5.73 Å². The molecule has 0 bridgehead atoms. The predicted octanol–water partition coefficient (Wildman–Crippen LogP) is 3.06. The van der Waals surface area contributed by atoms with Crippen molar-refractivity contribution in [3.8, 4) is 0 Å². The molecule has 1 aliphatic rings. The van der Waals surface area contributed by atoms with Crippen molar-refractivity contribution in [1.82, 2.24) is 9.88 Å². The highest BCUT2D eigenvalue weighted by Crippen LogP contribution is 2.33. The van der Waals surface area contributed by atoms with Gasteiger partial charge in [-0.1, -0.05) is 31.2 Å². The van der Waals surface area contributed by atoms with Crippen molar-refractivity contribution in [3.05, 3.63) is 42.2 Å². The normalized spacial score (nSPS) is 25.1. The van der Waals surface area contributed by atoms with Crippen molar-refractivity contribution < 1.29 is 0 Å². The molecular formula is C17H23N3S. The van der Waals surface area contributed by atoms with Crippen LogP contribution in [0.15, 0.2) is 36.7 Å². The number of thioether (sulfide) groups is 1. The SMILES string of the molecule is CC1SCCN(C(CN)c2cncc3ccccc23)C1C. The third-order valence-electron chi connectivity index (χ3n) is 4.61. The Morgan fingerprint density at radius 2 is 2.14 bits per heavy atom. The van der Waals surface area contributed by atoms with Gasteiger partial charge in [-0.25, -0.2) is 0 Å². The molecule has 1 saturated heterocycles. The number of pyridine rings is 1. The van der Waals surface area contributed by atoms with Crippen molar-refractivity contribution in [1.29, 1.82) is 0 Å². The molecular weight excluding hydrogens is 278 g/mol. The highest BCUT2D eigenvalue weighted by molar-refractivity contribution is 8.00. The van der Waals surface area contributed by atoms with Gasteiger partial charge in [-0.05, 0) is 17.9 Å². The lowest BCUT2D eigenvalue weighted by Crippen LogP contribution is -2.48. The van der Waals surface area contributed by atoms with Gasteiger partial charge in [-0.15, -0.1) is 0 Å². The van der Waals surface area contributed by atoms with Crippen LogP contribution in [0.5, 0.6) is 0 Å². The van der Waals surface area contributed by atoms with Crippen LogP contribution >= 0.6 is 11.8 Å². The van der Waals surface area contributed by atoms with Crippen LogP contribution in [0.25, 0.3) is 10.8 Å². The number of aromatic nitrogens is 1. The zero-order valence-corrected chi connectivity index (χ0v) is 13.5. The summed E-state index contributed by atoms with van der Waals surface area (Å²) in [4.78, 5) is 6.99. The second kappa shape index (κ2) is 6.34. The summed E-state index contributed by atoms with van der Waals surface area (Å²) in [5, 5.41) is 3.12. The van der Waals surface area contributed by atoms with Crippen LogP contribution in [0.4, 0.5) is 0 Å². The average Bonchev–Trinajstić information content (AvgIpc) is 2.52. The molecule has 3 rings (SSSR count). The zero-order valence-electron chi connectivity index (χ0n) is 12.7. The molecule has 2 heterocycles. The van der Waals surface area contributed by atoms with Gasteiger partial charge >= 0.3 is 0 Å². The van der Waals surface area contributed by atoms with Gasteiger partial charge in [0.05, 0.1) is 0 Å². The third kappa shape index (κ3) is 2.80. The van der Waals surface area contributed by atoms with Crippen LogP contribution in [-0.2, 0) is 0 Å². The highest BCUT2D eigenvalue weighted by atomic mass is 32.2. The number of benzene rings is 1. The number of nitrogens with two attached hydrogens (primary N) is 1. The van der Waals surface area contributed by atoms with Crippen LogP contribution in [0.3, 0.4) is 0 Å². The van der Waals surface area contributed by atoms with E-state index in [9.17, 15) is 0 Å². The lowest BCUT2D eigenvalue weighted by atomic mass is 9.98. The molecule has 1 aromatic heterocycles. The van der Waals surface area contributed by atoms with Gasteiger partial charge in [-0.3, -0.25) is 9.88 Å². The monoisotopic (exact) mass is 301 g/mol. The van der Waals surface area contributed by atoms with E-state index in [0.29, 0.717) is 17.8 Å². The van der Waals surface area contributed by atoms with Crippen LogP contribution in [-0.4, -0.2) is 40.0 Å². The van der Waals surface area contributed by atoms with Gasteiger partial charge in [-0.2, -0.15) is 11.8 Å². The van der Waals surface area contributed by atoms with Gasteiger partial charge in [0.25, 0.3) is 0 Å². The zero-order chi connectivity index (χ0) is 14.8. The van der Waals surface area contributed by atoms with Crippen molar-refractivity contribution in [2.24, 2.45) is 5.73 Å². The van der Waals surface area contributed by atoms with E-state index in [1.54, 1.807) is 0 Å². The van der Waals surface area contributed by atoms with E-state index in [1.165, 1.54) is 22.1 Å². The van der Waals surface area contributed by atoms with E-state index < -0.39 is 0 Å². The molecule has 3 unspecified atom stereocenters. The molecule has 0 saturated carbocycles. The maximum atomic E-state index is 6.16. The van der Waals surface area contributed by atoms with E-state index in [-0.39, 0.29) is 6.04 Å². The molecule has 2 aromatic rings. The molecule has 0 aliphatic carbocycles. The summed E-state index contributed by atoms with van der Waals surface area (Å²) in [5.74, 6) is 1.18. The topological polar surface area (TPSA) is 42.1 Å². The molecule has 3 nitrogen and oxygen atoms in total. The minimum absolute atomic E-state index is 0.252. The lowest BCUT2D eigenvalue weighted by molar-refractivity contribution is 0.151. The Morgan fingerprint density at radius 1 is 1.33 bits per heavy atom. The Kier molecular flexibility index (Phi) is 4.48. The molecule has 2 N–H and O–H groups in total. The molecule has 4 heteroatoms. The highest BCUT2D eigenvalue weighted by Gasteiger charge is 2.31. The third-order valence-corrected chi connectivity index (χ3v) is 5.95. The Hall–Kier alpha value is -1.10. The second-order valence-electron chi connectivity index (χ2n) is 5.76. The van der Waals surface area contributed by atoms with Crippen molar-refractivity contribution in [2.75, 3.05) is 18.8 Å². The predicted molar refractivity (Wildman–Crippen MR) is 91.6 cm³/mol. The summed E-state index contributed by atoms with van der Waals surface area (Å²) >= 11 is 2.06. The lowest BCUT2D eigenvalue weighted by Gasteiger charge is -2.42. The smallest absolute Gasteiger partial charge is 0.0495 e. The summed E-state index contributed by atoms with van der Waals surface area (Å²) in [5.41, 5.74) is 7.42. The first-order chi connectivity index (χ1) is 10.2. The van der Waals surface area contributed by atoms with Crippen LogP contribution in [0.1, 0.15) is 25.5 Å². The van der Waals surface area contributed by atoms with Crippen molar-refractivity contribution in [2.45, 2.75) is 31.2 Å². The van der Waals surface area contributed by atoms with Gasteiger partial charge in [0.15, 0.2) is 0 Å². The summed E-state index contributed by atoms with van der Waals surface area (Å²) in [6.07, 6.45) is 3.93. The van der Waals surface area contributed by atoms with Gasteiger partial charge in [0, 0.05) is 54.0 Å².